The summed E-state index contributed by atoms with van der Waals surface area (Å²) in [5.41, 5.74) is 1.86. The van der Waals surface area contributed by atoms with Gasteiger partial charge in [-0.3, -0.25) is 9.69 Å². The van der Waals surface area contributed by atoms with E-state index in [-0.39, 0.29) is 5.78 Å². The van der Waals surface area contributed by atoms with Crippen LogP contribution in [0.5, 0.6) is 0 Å². The van der Waals surface area contributed by atoms with Crippen LogP contribution in [0.25, 0.3) is 5.82 Å². The van der Waals surface area contributed by atoms with Crippen molar-refractivity contribution in [3.8, 4) is 5.82 Å². The second-order valence-corrected chi connectivity index (χ2v) is 7.96. The molecule has 1 saturated heterocycles. The monoisotopic (exact) mass is 445 g/mol. The zero-order valence-corrected chi connectivity index (χ0v) is 17.8. The van der Waals surface area contributed by atoms with E-state index in [9.17, 15) is 13.6 Å². The third-order valence-electron chi connectivity index (χ3n) is 5.48. The average molecular weight is 446 g/mol. The number of pyridine rings is 1. The number of rotatable bonds is 6. The van der Waals surface area contributed by atoms with E-state index in [2.05, 4.69) is 15.0 Å². The van der Waals surface area contributed by atoms with E-state index in [0.29, 0.717) is 48.1 Å². The number of carbonyl (C=O) groups is 1. The van der Waals surface area contributed by atoms with Crippen LogP contribution >= 0.6 is 11.6 Å². The van der Waals surface area contributed by atoms with E-state index in [0.717, 1.165) is 24.8 Å². The number of benzene rings is 1. The maximum absolute atomic E-state index is 13.5. The summed E-state index contributed by atoms with van der Waals surface area (Å²) in [6.07, 6.45) is 3.48. The molecule has 0 N–H and O–H groups in total. The topological polar surface area (TPSA) is 54.3 Å². The standard InChI is InChI=1S/C22H22ClF2N5O/c1-15-20(14-27-30(15)22-3-2-16(23)13-26-22)21(31)4-5-28-6-8-29(9-7-28)19-11-17(24)10-18(25)12-19/h2-3,10-14H,4-9H2,1H3. The van der Waals surface area contributed by atoms with Crippen molar-refractivity contribution in [1.82, 2.24) is 19.7 Å². The molecular formula is C22H22ClF2N5O. The summed E-state index contributed by atoms with van der Waals surface area (Å²) < 4.78 is 28.5. The molecule has 4 rings (SSSR count). The lowest BCUT2D eigenvalue weighted by Crippen LogP contribution is -2.47. The summed E-state index contributed by atoms with van der Waals surface area (Å²) in [4.78, 5) is 21.1. The minimum atomic E-state index is -0.576. The van der Waals surface area contributed by atoms with Gasteiger partial charge in [-0.05, 0) is 31.2 Å². The van der Waals surface area contributed by atoms with Gasteiger partial charge in [-0.1, -0.05) is 11.6 Å². The molecule has 1 aromatic carbocycles. The van der Waals surface area contributed by atoms with E-state index < -0.39 is 11.6 Å². The smallest absolute Gasteiger partial charge is 0.167 e. The third-order valence-corrected chi connectivity index (χ3v) is 5.70. The van der Waals surface area contributed by atoms with Gasteiger partial charge in [-0.25, -0.2) is 18.4 Å². The maximum atomic E-state index is 13.5. The van der Waals surface area contributed by atoms with Crippen LogP contribution in [-0.4, -0.2) is 58.2 Å². The van der Waals surface area contributed by atoms with Gasteiger partial charge >= 0.3 is 0 Å². The highest BCUT2D eigenvalue weighted by molar-refractivity contribution is 6.30. The van der Waals surface area contributed by atoms with Gasteiger partial charge in [0.1, 0.15) is 11.6 Å². The number of piperazine rings is 1. The maximum Gasteiger partial charge on any atom is 0.167 e. The third kappa shape index (κ3) is 4.91. The summed E-state index contributed by atoms with van der Waals surface area (Å²) in [7, 11) is 0. The number of hydrogen-bond acceptors (Lipinski definition) is 5. The number of nitrogens with zero attached hydrogens (tertiary/aromatic N) is 5. The first kappa shape index (κ1) is 21.4. The van der Waals surface area contributed by atoms with Gasteiger partial charge < -0.3 is 4.90 Å². The molecule has 1 aliphatic heterocycles. The Labute approximate surface area is 184 Å². The van der Waals surface area contributed by atoms with Crippen molar-refractivity contribution in [2.24, 2.45) is 0 Å². The quantitative estimate of drug-likeness (QED) is 0.538. The van der Waals surface area contributed by atoms with Gasteiger partial charge in [0, 0.05) is 57.1 Å². The molecule has 3 heterocycles. The number of hydrogen-bond donors (Lipinski definition) is 0. The summed E-state index contributed by atoms with van der Waals surface area (Å²) in [6, 6.07) is 7.04. The van der Waals surface area contributed by atoms with Crippen LogP contribution in [0.3, 0.4) is 0 Å². The normalized spacial score (nSPS) is 14.8. The van der Waals surface area contributed by atoms with E-state index in [4.69, 9.17) is 11.6 Å². The first-order valence-corrected chi connectivity index (χ1v) is 10.4. The molecule has 0 atom stereocenters. The Balaban J connectivity index is 1.32. The largest absolute Gasteiger partial charge is 0.369 e. The lowest BCUT2D eigenvalue weighted by Gasteiger charge is -2.36. The van der Waals surface area contributed by atoms with Gasteiger partial charge in [0.25, 0.3) is 0 Å². The molecule has 1 aliphatic rings. The Morgan fingerprint density at radius 3 is 2.42 bits per heavy atom. The fourth-order valence-corrected chi connectivity index (χ4v) is 3.87. The molecule has 0 saturated carbocycles. The van der Waals surface area contributed by atoms with Crippen molar-refractivity contribution in [3.63, 3.8) is 0 Å². The second kappa shape index (κ2) is 9.11. The zero-order chi connectivity index (χ0) is 22.0. The van der Waals surface area contributed by atoms with Crippen molar-refractivity contribution in [1.29, 1.82) is 0 Å². The molecular weight excluding hydrogens is 424 g/mol. The Morgan fingerprint density at radius 1 is 1.06 bits per heavy atom. The van der Waals surface area contributed by atoms with Crippen molar-refractivity contribution in [2.75, 3.05) is 37.6 Å². The Bertz CT molecular complexity index is 1060. The van der Waals surface area contributed by atoms with E-state index in [1.54, 1.807) is 23.0 Å². The van der Waals surface area contributed by atoms with Gasteiger partial charge in [0.05, 0.1) is 22.5 Å². The van der Waals surface area contributed by atoms with Crippen LogP contribution in [-0.2, 0) is 0 Å². The molecule has 162 valence electrons. The molecule has 0 bridgehead atoms. The van der Waals surface area contributed by atoms with Crippen molar-refractivity contribution < 1.29 is 13.6 Å². The Hall–Kier alpha value is -2.84. The van der Waals surface area contributed by atoms with E-state index in [1.165, 1.54) is 18.3 Å². The predicted octanol–water partition coefficient (Wildman–Crippen LogP) is 3.90. The van der Waals surface area contributed by atoms with Crippen molar-refractivity contribution in [3.05, 3.63) is 70.6 Å². The van der Waals surface area contributed by atoms with Crippen LogP contribution < -0.4 is 4.90 Å². The highest BCUT2D eigenvalue weighted by Gasteiger charge is 2.21. The number of aromatic nitrogens is 3. The number of halogens is 3. The van der Waals surface area contributed by atoms with Crippen molar-refractivity contribution in [2.45, 2.75) is 13.3 Å². The first-order chi connectivity index (χ1) is 14.9. The molecule has 0 radical (unpaired) electrons. The molecule has 9 heteroatoms. The SMILES string of the molecule is Cc1c(C(=O)CCN2CCN(c3cc(F)cc(F)c3)CC2)cnn1-c1ccc(Cl)cn1. The summed E-state index contributed by atoms with van der Waals surface area (Å²) in [5, 5.41) is 4.83. The van der Waals surface area contributed by atoms with E-state index >= 15 is 0 Å². The van der Waals surface area contributed by atoms with Crippen molar-refractivity contribution >= 4 is 23.1 Å². The number of carbonyl (C=O) groups excluding carboxylic acids is 1. The van der Waals surface area contributed by atoms with Gasteiger partial charge in [-0.2, -0.15) is 5.10 Å². The summed E-state index contributed by atoms with van der Waals surface area (Å²) in [5.74, 6) is -0.529. The van der Waals surface area contributed by atoms with E-state index in [1.807, 2.05) is 11.8 Å². The van der Waals surface area contributed by atoms with Gasteiger partial charge in [-0.15, -0.1) is 0 Å². The molecule has 0 aliphatic carbocycles. The van der Waals surface area contributed by atoms with Gasteiger partial charge in [0.2, 0.25) is 0 Å². The highest BCUT2D eigenvalue weighted by atomic mass is 35.5. The minimum Gasteiger partial charge on any atom is -0.369 e. The molecule has 31 heavy (non-hydrogen) atoms. The molecule has 6 nitrogen and oxygen atoms in total. The fourth-order valence-electron chi connectivity index (χ4n) is 3.75. The Kier molecular flexibility index (Phi) is 6.29. The predicted molar refractivity (Wildman–Crippen MR) is 115 cm³/mol. The second-order valence-electron chi connectivity index (χ2n) is 7.52. The molecule has 2 aromatic heterocycles. The summed E-state index contributed by atoms with van der Waals surface area (Å²) in [6.45, 7) is 5.20. The van der Waals surface area contributed by atoms with Crippen LogP contribution in [0.1, 0.15) is 22.5 Å². The zero-order valence-electron chi connectivity index (χ0n) is 17.1. The highest BCUT2D eigenvalue weighted by Crippen LogP contribution is 2.20. The molecule has 3 aromatic rings. The van der Waals surface area contributed by atoms with Crippen LogP contribution in [0.2, 0.25) is 5.02 Å². The Morgan fingerprint density at radius 2 is 1.77 bits per heavy atom. The molecule has 1 fully saturated rings. The summed E-state index contributed by atoms with van der Waals surface area (Å²) >= 11 is 5.88. The molecule has 0 spiro atoms. The lowest BCUT2D eigenvalue weighted by molar-refractivity contribution is 0.0962. The first-order valence-electron chi connectivity index (χ1n) is 10.0. The van der Waals surface area contributed by atoms with Crippen LogP contribution in [0, 0.1) is 18.6 Å². The molecule has 0 unspecified atom stereocenters. The number of ketones is 1. The molecule has 0 amide bonds. The van der Waals surface area contributed by atoms with Crippen LogP contribution in [0.4, 0.5) is 14.5 Å². The average Bonchev–Trinajstić information content (AvgIpc) is 3.13. The van der Waals surface area contributed by atoms with Crippen LogP contribution in [0.15, 0.2) is 42.7 Å². The number of anilines is 1. The number of Topliss-reactive ketones (excluding diaryl/α,β-unsaturated/α-hetero) is 1. The fraction of sp³-hybridized carbons (Fsp3) is 0.318. The minimum absolute atomic E-state index is 0.0207. The lowest BCUT2D eigenvalue weighted by atomic mass is 10.1. The van der Waals surface area contributed by atoms with Gasteiger partial charge in [0.15, 0.2) is 11.6 Å².